The van der Waals surface area contributed by atoms with Gasteiger partial charge in [-0.05, 0) is 49.0 Å². The Balaban J connectivity index is 1.40. The second-order valence-corrected chi connectivity index (χ2v) is 8.02. The molecule has 152 valence electrons. The van der Waals surface area contributed by atoms with Crippen molar-refractivity contribution >= 4 is 34.3 Å². The number of carbonyl (C=O) groups is 1. The van der Waals surface area contributed by atoms with Crippen molar-refractivity contribution in [2.45, 2.75) is 58.5 Å². The van der Waals surface area contributed by atoms with E-state index in [1.54, 1.807) is 10.6 Å². The van der Waals surface area contributed by atoms with Crippen molar-refractivity contribution in [1.29, 1.82) is 0 Å². The van der Waals surface area contributed by atoms with Gasteiger partial charge in [-0.3, -0.25) is 20.2 Å². The highest BCUT2D eigenvalue weighted by Gasteiger charge is 2.27. The standard InChI is InChI=1S/C20H28N4O3S/c1-13-7-5-8-15(14(13)2)21-19(28)23-22-18(25)11-6-12-24-16-9-3-4-10-17(16)27-20(24)26/h3-4,9-10,13-15H,5-8,11-12H2,1-2H3,(H,22,25)(H2,21,23,28)/t13-,14-,15+/m1/s1. The van der Waals surface area contributed by atoms with Crippen LogP contribution in [0.15, 0.2) is 33.5 Å². The van der Waals surface area contributed by atoms with Gasteiger partial charge >= 0.3 is 5.76 Å². The van der Waals surface area contributed by atoms with Crippen molar-refractivity contribution in [1.82, 2.24) is 20.7 Å². The number of aryl methyl sites for hydroxylation is 1. The Morgan fingerprint density at radius 3 is 2.86 bits per heavy atom. The van der Waals surface area contributed by atoms with E-state index < -0.39 is 5.76 Å². The summed E-state index contributed by atoms with van der Waals surface area (Å²) in [6, 6.07) is 7.60. The number of oxazole rings is 1. The summed E-state index contributed by atoms with van der Waals surface area (Å²) in [5.74, 6) is 0.648. The predicted octanol–water partition coefficient (Wildman–Crippen LogP) is 2.69. The number of thiocarbonyl (C=S) groups is 1. The third-order valence-electron chi connectivity index (χ3n) is 5.70. The molecule has 3 atom stereocenters. The fourth-order valence-electron chi connectivity index (χ4n) is 3.80. The van der Waals surface area contributed by atoms with Crippen LogP contribution in [0.2, 0.25) is 0 Å². The number of para-hydroxylation sites is 2. The first-order valence-electron chi connectivity index (χ1n) is 9.89. The molecule has 3 rings (SSSR count). The van der Waals surface area contributed by atoms with Gasteiger partial charge in [0.2, 0.25) is 5.91 Å². The minimum Gasteiger partial charge on any atom is -0.408 e. The maximum atomic E-state index is 12.1. The second kappa shape index (κ2) is 9.23. The van der Waals surface area contributed by atoms with E-state index in [0.29, 0.717) is 41.5 Å². The number of nitrogens with zero attached hydrogens (tertiary/aromatic N) is 1. The van der Waals surface area contributed by atoms with E-state index in [9.17, 15) is 9.59 Å². The molecule has 0 unspecified atom stereocenters. The van der Waals surface area contributed by atoms with Crippen molar-refractivity contribution in [2.24, 2.45) is 11.8 Å². The van der Waals surface area contributed by atoms with Crippen molar-refractivity contribution < 1.29 is 9.21 Å². The number of aromatic nitrogens is 1. The van der Waals surface area contributed by atoms with Crippen molar-refractivity contribution in [3.8, 4) is 0 Å². The van der Waals surface area contributed by atoms with Gasteiger partial charge in [-0.2, -0.15) is 0 Å². The zero-order chi connectivity index (χ0) is 20.1. The minimum atomic E-state index is -0.402. The Kier molecular flexibility index (Phi) is 6.72. The van der Waals surface area contributed by atoms with Crippen LogP contribution in [0, 0.1) is 11.8 Å². The molecule has 2 aromatic rings. The summed E-state index contributed by atoms with van der Waals surface area (Å²) >= 11 is 5.30. The lowest BCUT2D eigenvalue weighted by Crippen LogP contribution is -2.52. The van der Waals surface area contributed by atoms with E-state index in [-0.39, 0.29) is 12.3 Å². The molecule has 0 spiro atoms. The average molecular weight is 405 g/mol. The highest BCUT2D eigenvalue weighted by molar-refractivity contribution is 7.80. The first-order chi connectivity index (χ1) is 13.5. The van der Waals surface area contributed by atoms with Crippen LogP contribution in [0.5, 0.6) is 0 Å². The van der Waals surface area contributed by atoms with Gasteiger partial charge in [-0.15, -0.1) is 0 Å². The van der Waals surface area contributed by atoms with Crippen molar-refractivity contribution in [3.63, 3.8) is 0 Å². The third kappa shape index (κ3) is 4.92. The molecule has 1 saturated carbocycles. The molecular weight excluding hydrogens is 376 g/mol. The molecule has 1 fully saturated rings. The van der Waals surface area contributed by atoms with Crippen molar-refractivity contribution in [2.75, 3.05) is 0 Å². The lowest BCUT2D eigenvalue weighted by atomic mass is 9.78. The molecule has 1 amide bonds. The summed E-state index contributed by atoms with van der Waals surface area (Å²) in [7, 11) is 0. The Morgan fingerprint density at radius 2 is 2.04 bits per heavy atom. The van der Waals surface area contributed by atoms with Crippen LogP contribution in [0.4, 0.5) is 0 Å². The van der Waals surface area contributed by atoms with Gasteiger partial charge in [0.25, 0.3) is 0 Å². The topological polar surface area (TPSA) is 88.3 Å². The van der Waals surface area contributed by atoms with Gasteiger partial charge in [0.15, 0.2) is 10.7 Å². The number of fused-ring (bicyclic) bond motifs is 1. The van der Waals surface area contributed by atoms with Gasteiger partial charge in [-0.25, -0.2) is 4.79 Å². The normalized spacial score (nSPS) is 22.0. The van der Waals surface area contributed by atoms with Crippen LogP contribution < -0.4 is 21.9 Å². The quantitative estimate of drug-likeness (QED) is 0.525. The van der Waals surface area contributed by atoms with Crippen molar-refractivity contribution in [3.05, 3.63) is 34.8 Å². The summed E-state index contributed by atoms with van der Waals surface area (Å²) in [6.07, 6.45) is 4.34. The van der Waals surface area contributed by atoms with Gasteiger partial charge in [-0.1, -0.05) is 38.8 Å². The predicted molar refractivity (Wildman–Crippen MR) is 113 cm³/mol. The van der Waals surface area contributed by atoms with Crippen LogP contribution in [-0.4, -0.2) is 21.6 Å². The van der Waals surface area contributed by atoms with E-state index in [1.807, 2.05) is 18.2 Å². The number of rotatable bonds is 5. The zero-order valence-corrected chi connectivity index (χ0v) is 17.2. The average Bonchev–Trinajstić information content (AvgIpc) is 2.99. The monoisotopic (exact) mass is 404 g/mol. The largest absolute Gasteiger partial charge is 0.419 e. The fourth-order valence-corrected chi connectivity index (χ4v) is 4.00. The molecule has 1 aromatic heterocycles. The van der Waals surface area contributed by atoms with Crippen LogP contribution in [-0.2, 0) is 11.3 Å². The summed E-state index contributed by atoms with van der Waals surface area (Å²) in [5.41, 5.74) is 6.71. The number of hydrogen-bond donors (Lipinski definition) is 3. The molecule has 3 N–H and O–H groups in total. The van der Waals surface area contributed by atoms with Gasteiger partial charge in [0, 0.05) is 19.0 Å². The molecule has 1 aliphatic carbocycles. The molecule has 1 aliphatic rings. The maximum Gasteiger partial charge on any atom is 0.419 e. The first kappa shape index (κ1) is 20.4. The molecule has 28 heavy (non-hydrogen) atoms. The van der Waals surface area contributed by atoms with E-state index in [2.05, 4.69) is 30.0 Å². The lowest BCUT2D eigenvalue weighted by molar-refractivity contribution is -0.121. The fraction of sp³-hybridized carbons (Fsp3) is 0.550. The van der Waals surface area contributed by atoms with Gasteiger partial charge < -0.3 is 9.73 Å². The molecule has 0 aliphatic heterocycles. The van der Waals surface area contributed by atoms with Crippen LogP contribution >= 0.6 is 12.2 Å². The highest BCUT2D eigenvalue weighted by atomic mass is 32.1. The molecule has 0 bridgehead atoms. The lowest BCUT2D eigenvalue weighted by Gasteiger charge is -2.35. The summed E-state index contributed by atoms with van der Waals surface area (Å²) in [6.45, 7) is 4.93. The Labute approximate surface area is 169 Å². The first-order valence-corrected chi connectivity index (χ1v) is 10.3. The number of nitrogens with one attached hydrogen (secondary N) is 3. The van der Waals surface area contributed by atoms with E-state index in [1.165, 1.54) is 12.8 Å². The number of carbonyl (C=O) groups excluding carboxylic acids is 1. The van der Waals surface area contributed by atoms with Crippen LogP contribution in [0.1, 0.15) is 46.0 Å². The SMILES string of the molecule is C[C@@H]1[C@H](C)CCC[C@@H]1NC(=S)NNC(=O)CCCn1c(=O)oc2ccccc21. The third-order valence-corrected chi connectivity index (χ3v) is 5.92. The van der Waals surface area contributed by atoms with Crippen LogP contribution in [0.25, 0.3) is 11.1 Å². The van der Waals surface area contributed by atoms with E-state index in [4.69, 9.17) is 16.6 Å². The summed E-state index contributed by atoms with van der Waals surface area (Å²) < 4.78 is 6.74. The maximum absolute atomic E-state index is 12.1. The minimum absolute atomic E-state index is 0.171. The molecule has 7 nitrogen and oxygen atoms in total. The Bertz CT molecular complexity index is 891. The van der Waals surface area contributed by atoms with Crippen LogP contribution in [0.3, 0.4) is 0 Å². The Morgan fingerprint density at radius 1 is 1.25 bits per heavy atom. The molecule has 1 aromatic carbocycles. The molecular formula is C20H28N4O3S. The molecule has 8 heteroatoms. The number of benzene rings is 1. The number of hydrogen-bond acceptors (Lipinski definition) is 4. The molecule has 0 saturated heterocycles. The summed E-state index contributed by atoms with van der Waals surface area (Å²) in [4.78, 5) is 24.0. The van der Waals surface area contributed by atoms with E-state index in [0.717, 1.165) is 11.9 Å². The zero-order valence-electron chi connectivity index (χ0n) is 16.4. The molecule has 1 heterocycles. The van der Waals surface area contributed by atoms with Gasteiger partial charge in [0.05, 0.1) is 5.52 Å². The Hall–Kier alpha value is -2.35. The smallest absolute Gasteiger partial charge is 0.408 e. The second-order valence-electron chi connectivity index (χ2n) is 7.61. The number of amides is 1. The highest BCUT2D eigenvalue weighted by Crippen LogP contribution is 2.29. The molecule has 0 radical (unpaired) electrons. The number of hydrazine groups is 1. The summed E-state index contributed by atoms with van der Waals surface area (Å²) in [5, 5.41) is 3.75. The van der Waals surface area contributed by atoms with E-state index >= 15 is 0 Å². The van der Waals surface area contributed by atoms with Gasteiger partial charge in [0.1, 0.15) is 0 Å².